The molecule has 7 N–H and O–H groups in total. The molecule has 2 fully saturated rings. The van der Waals surface area contributed by atoms with E-state index in [-0.39, 0.29) is 49.0 Å². The van der Waals surface area contributed by atoms with Gasteiger partial charge < -0.3 is 54.9 Å². The molecule has 4 aliphatic heterocycles. The van der Waals surface area contributed by atoms with Crippen LogP contribution in [0.1, 0.15) is 35.6 Å². The predicted octanol–water partition coefficient (Wildman–Crippen LogP) is 1.01. The Balaban J connectivity index is 1.19. The minimum atomic E-state index is -3.24. The summed E-state index contributed by atoms with van der Waals surface area (Å²) in [5, 5.41) is 65.0. The lowest BCUT2D eigenvalue weighted by molar-refractivity contribution is -0.385. The molecule has 0 radical (unpaired) electrons. The molecular formula is C39H46N4O13Si. The van der Waals surface area contributed by atoms with Crippen molar-refractivity contribution in [2.75, 3.05) is 16.8 Å². The number of rotatable bonds is 9. The number of aliphatic hydroxyl groups is 5. The van der Waals surface area contributed by atoms with E-state index < -0.39 is 85.0 Å². The molecule has 0 unspecified atom stereocenters. The Morgan fingerprint density at radius 2 is 1.72 bits per heavy atom. The Labute approximate surface area is 328 Å². The van der Waals surface area contributed by atoms with Gasteiger partial charge >= 0.3 is 0 Å². The zero-order valence-corrected chi connectivity index (χ0v) is 32.5. The second kappa shape index (κ2) is 15.3. The molecule has 0 aromatic heterocycles. The number of nitrogens with zero attached hydrogens (tertiary/aromatic N) is 3. The maximum atomic E-state index is 15.0. The van der Waals surface area contributed by atoms with Crippen molar-refractivity contribution in [3.05, 3.63) is 99.1 Å². The van der Waals surface area contributed by atoms with Crippen molar-refractivity contribution < 1.29 is 59.1 Å². The second-order valence-electron chi connectivity index (χ2n) is 15.9. The Kier molecular flexibility index (Phi) is 10.9. The van der Waals surface area contributed by atoms with Crippen molar-refractivity contribution in [2.24, 2.45) is 5.92 Å². The molecule has 57 heavy (non-hydrogen) atoms. The van der Waals surface area contributed by atoms with E-state index in [1.807, 2.05) is 24.3 Å². The second-order valence-corrected chi connectivity index (χ2v) is 19.8. The van der Waals surface area contributed by atoms with Gasteiger partial charge in [0.15, 0.2) is 26.3 Å². The van der Waals surface area contributed by atoms with Gasteiger partial charge in [-0.15, -0.1) is 0 Å². The number of nitro groups is 1. The largest absolute Gasteiger partial charge is 0.432 e. The SMILES string of the molecule is C[C@H]1[C@H]([Si](C)(C)O)[C@@H](CC(=O)N2Cc3ccccc3C[C@H]2CO)O[C@]12C(=O)N(Cc1cccc(NC(=O)[C@H]3O[C@@H](O)[C@H](O)[C@@H](O)[C@@H]3O)c1)c1ccc([N+](=O)[O-])cc12. The quantitative estimate of drug-likeness (QED) is 0.0907. The zero-order chi connectivity index (χ0) is 41.1. The Morgan fingerprint density at radius 3 is 2.40 bits per heavy atom. The Bertz CT molecular complexity index is 2080. The lowest BCUT2D eigenvalue weighted by Crippen LogP contribution is -2.60. The first-order chi connectivity index (χ1) is 27.0. The monoisotopic (exact) mass is 806 g/mol. The number of anilines is 2. The number of fused-ring (bicyclic) bond motifs is 3. The molecule has 0 bridgehead atoms. The number of non-ortho nitro benzene ring substituents is 1. The van der Waals surface area contributed by atoms with E-state index in [4.69, 9.17) is 9.47 Å². The highest BCUT2D eigenvalue weighted by Crippen LogP contribution is 2.60. The summed E-state index contributed by atoms with van der Waals surface area (Å²) in [6, 6.07) is 17.5. The van der Waals surface area contributed by atoms with Crippen LogP contribution in [0.4, 0.5) is 17.1 Å². The topological polar surface area (TPSA) is 253 Å². The molecule has 0 saturated carbocycles. The molecule has 4 aliphatic rings. The maximum Gasteiger partial charge on any atom is 0.269 e. The van der Waals surface area contributed by atoms with Crippen LogP contribution in [0.5, 0.6) is 0 Å². The number of hydrogen-bond donors (Lipinski definition) is 7. The van der Waals surface area contributed by atoms with E-state index >= 15 is 0 Å². The van der Waals surface area contributed by atoms with Gasteiger partial charge in [-0.05, 0) is 54.4 Å². The molecule has 7 rings (SSSR count). The highest BCUT2D eigenvalue weighted by Gasteiger charge is 2.67. The average Bonchev–Trinajstić information content (AvgIpc) is 3.60. The van der Waals surface area contributed by atoms with E-state index in [0.29, 0.717) is 17.7 Å². The van der Waals surface area contributed by atoms with Crippen molar-refractivity contribution >= 4 is 43.1 Å². The van der Waals surface area contributed by atoms with Crippen LogP contribution in [0.25, 0.3) is 0 Å². The van der Waals surface area contributed by atoms with Crippen LogP contribution in [0.2, 0.25) is 18.6 Å². The summed E-state index contributed by atoms with van der Waals surface area (Å²) < 4.78 is 11.8. The fourth-order valence-electron chi connectivity index (χ4n) is 9.09. The number of carbonyl (C=O) groups is 3. The number of amides is 3. The fourth-order valence-corrected chi connectivity index (χ4v) is 11.6. The molecule has 3 amide bonds. The number of nitro benzene ring substituents is 1. The molecule has 3 aromatic carbocycles. The van der Waals surface area contributed by atoms with Crippen LogP contribution in [-0.4, -0.2) is 116 Å². The zero-order valence-electron chi connectivity index (χ0n) is 31.5. The first kappa shape index (κ1) is 40.6. The van der Waals surface area contributed by atoms with Crippen LogP contribution in [0.3, 0.4) is 0 Å². The molecule has 304 valence electrons. The van der Waals surface area contributed by atoms with Gasteiger partial charge in [0.2, 0.25) is 5.91 Å². The minimum Gasteiger partial charge on any atom is -0.432 e. The summed E-state index contributed by atoms with van der Waals surface area (Å²) in [6.45, 7) is 5.06. The van der Waals surface area contributed by atoms with Gasteiger partial charge in [-0.3, -0.25) is 24.5 Å². The molecule has 18 heteroatoms. The molecule has 3 aromatic rings. The third-order valence-corrected chi connectivity index (χ3v) is 14.3. The van der Waals surface area contributed by atoms with Gasteiger partial charge in [0.05, 0.1) is 42.3 Å². The van der Waals surface area contributed by atoms with E-state index in [9.17, 15) is 54.8 Å². The van der Waals surface area contributed by atoms with Gasteiger partial charge in [-0.1, -0.05) is 43.3 Å². The van der Waals surface area contributed by atoms with Crippen LogP contribution in [0.15, 0.2) is 66.7 Å². The molecule has 4 heterocycles. The summed E-state index contributed by atoms with van der Waals surface area (Å²) in [5.41, 5.74) is 0.451. The van der Waals surface area contributed by atoms with Crippen molar-refractivity contribution in [1.82, 2.24) is 4.90 Å². The normalized spacial score (nSPS) is 31.0. The van der Waals surface area contributed by atoms with Crippen LogP contribution in [0, 0.1) is 16.0 Å². The maximum absolute atomic E-state index is 15.0. The highest BCUT2D eigenvalue weighted by atomic mass is 28.4. The summed E-state index contributed by atoms with van der Waals surface area (Å²) in [5.74, 6) is -2.55. The van der Waals surface area contributed by atoms with Crippen molar-refractivity contribution in [3.8, 4) is 0 Å². The van der Waals surface area contributed by atoms with Crippen LogP contribution in [-0.2, 0) is 49.0 Å². The number of nitrogens with one attached hydrogen (secondary N) is 1. The number of hydrogen-bond acceptors (Lipinski definition) is 13. The standard InChI is InChI=1S/C39H46N4O13Si/c1-20-35(57(2,3)54)29(16-30(45)41-18-23-9-5-4-8-22(23)14-26(41)19-44)56-39(20)27-15-25(43(52)53)11-12-28(27)42(38(39)51)17-21-7-6-10-24(13-21)40-36(49)34-32(47)31(46)33(48)37(50)55-34/h4-13,15,20,26,29,31-35,37,44,46-48,50,54H,14,16-19H2,1-3H3,(H,40,49)/t20-,26-,29+,31-,32-,33+,34-,35-,37+,39+/m0/s1. The summed E-state index contributed by atoms with van der Waals surface area (Å²) in [6.07, 6.45) is -9.88. The first-order valence-electron chi connectivity index (χ1n) is 18.7. The fraction of sp³-hybridized carbons (Fsp3) is 0.462. The first-order valence-corrected chi connectivity index (χ1v) is 21.7. The van der Waals surface area contributed by atoms with E-state index in [0.717, 1.165) is 11.1 Å². The molecular weight excluding hydrogens is 761 g/mol. The van der Waals surface area contributed by atoms with Crippen molar-refractivity contribution in [1.29, 1.82) is 0 Å². The van der Waals surface area contributed by atoms with Crippen LogP contribution < -0.4 is 10.2 Å². The van der Waals surface area contributed by atoms with Crippen molar-refractivity contribution in [3.63, 3.8) is 0 Å². The average molecular weight is 807 g/mol. The van der Waals surface area contributed by atoms with E-state index in [1.165, 1.54) is 29.2 Å². The summed E-state index contributed by atoms with van der Waals surface area (Å²) in [7, 11) is -3.24. The molecule has 1 spiro atoms. The van der Waals surface area contributed by atoms with Gasteiger partial charge in [0, 0.05) is 41.4 Å². The molecule has 17 nitrogen and oxygen atoms in total. The number of aliphatic hydroxyl groups excluding tert-OH is 5. The number of carbonyl (C=O) groups excluding carboxylic acids is 3. The number of benzene rings is 3. The number of ether oxygens (including phenoxy) is 2. The van der Waals surface area contributed by atoms with Crippen LogP contribution >= 0.6 is 0 Å². The molecule has 0 aliphatic carbocycles. The third-order valence-electron chi connectivity index (χ3n) is 11.8. The summed E-state index contributed by atoms with van der Waals surface area (Å²) >= 11 is 0. The minimum absolute atomic E-state index is 0.100. The van der Waals surface area contributed by atoms with Gasteiger partial charge in [0.1, 0.15) is 18.3 Å². The molecule has 2 saturated heterocycles. The van der Waals surface area contributed by atoms with Gasteiger partial charge in [-0.2, -0.15) is 0 Å². The highest BCUT2D eigenvalue weighted by molar-refractivity contribution is 6.71. The smallest absolute Gasteiger partial charge is 0.269 e. The third kappa shape index (κ3) is 7.14. The van der Waals surface area contributed by atoms with Crippen molar-refractivity contribution in [2.45, 2.75) is 99.9 Å². The van der Waals surface area contributed by atoms with Gasteiger partial charge in [-0.25, -0.2) is 0 Å². The lowest BCUT2D eigenvalue weighted by atomic mass is 9.82. The van der Waals surface area contributed by atoms with E-state index in [2.05, 4.69) is 5.32 Å². The summed E-state index contributed by atoms with van der Waals surface area (Å²) in [4.78, 5) is 68.4. The predicted molar refractivity (Wildman–Crippen MR) is 204 cm³/mol. The molecule has 10 atom stereocenters. The Hall–Kier alpha value is -4.63. The Morgan fingerprint density at radius 1 is 1.00 bits per heavy atom. The van der Waals surface area contributed by atoms with E-state index in [1.54, 1.807) is 43.1 Å². The van der Waals surface area contributed by atoms with Gasteiger partial charge in [0.25, 0.3) is 17.5 Å². The lowest BCUT2D eigenvalue weighted by Gasteiger charge is -2.37.